The third kappa shape index (κ3) is 8.48. The third-order valence-electron chi connectivity index (χ3n) is 6.73. The lowest BCUT2D eigenvalue weighted by Crippen LogP contribution is -2.68. The Kier molecular flexibility index (Phi) is 11.4. The number of halogens is 5. The van der Waals surface area contributed by atoms with Gasteiger partial charge in [0.2, 0.25) is 0 Å². The van der Waals surface area contributed by atoms with Crippen molar-refractivity contribution in [3.63, 3.8) is 0 Å². The highest BCUT2D eigenvalue weighted by Crippen LogP contribution is 2.41. The number of carboxylic acid groups (broad SMARTS) is 1. The number of carboxylic acids is 1. The largest absolute Gasteiger partial charge is 0.480 e. The van der Waals surface area contributed by atoms with Crippen LogP contribution in [-0.4, -0.2) is 84.0 Å². The first-order chi connectivity index (χ1) is 21.3. The number of nitrogens with two attached hydrogens (primary N) is 1. The van der Waals surface area contributed by atoms with Crippen molar-refractivity contribution in [3.8, 4) is 0 Å². The molecule has 0 saturated carbocycles. The summed E-state index contributed by atoms with van der Waals surface area (Å²) in [6, 6.07) is 10.8. The molecule has 7 atom stereocenters. The van der Waals surface area contributed by atoms with E-state index >= 15 is 0 Å². The molecule has 0 spiro atoms. The highest BCUT2D eigenvalue weighted by Gasteiger charge is 2.55. The number of nitrogens with zero attached hydrogens (tertiary/aromatic N) is 5. The van der Waals surface area contributed by atoms with Crippen LogP contribution in [0.4, 0.5) is 18.9 Å². The van der Waals surface area contributed by atoms with E-state index in [1.807, 2.05) is 6.07 Å². The highest BCUT2D eigenvalue weighted by molar-refractivity contribution is 6.30. The first kappa shape index (κ1) is 34.5. The quantitative estimate of drug-likeness (QED) is 0.0899. The average molecular weight is 675 g/mol. The van der Waals surface area contributed by atoms with Crippen LogP contribution in [0.1, 0.15) is 31.3 Å². The van der Waals surface area contributed by atoms with Gasteiger partial charge in [-0.2, -0.15) is 18.3 Å². The first-order valence-corrected chi connectivity index (χ1v) is 14.4. The van der Waals surface area contributed by atoms with Crippen molar-refractivity contribution in [1.82, 2.24) is 5.01 Å². The number of benzene rings is 2. The van der Waals surface area contributed by atoms with Gasteiger partial charge in [0.25, 0.3) is 0 Å². The van der Waals surface area contributed by atoms with Gasteiger partial charge in [0.1, 0.15) is 42.6 Å². The maximum Gasteiger partial charge on any atom is 0.418 e. The van der Waals surface area contributed by atoms with E-state index in [4.69, 9.17) is 47.9 Å². The summed E-state index contributed by atoms with van der Waals surface area (Å²) in [6.45, 7) is 2.09. The molecule has 2 aromatic rings. The van der Waals surface area contributed by atoms with Gasteiger partial charge in [0, 0.05) is 10.6 Å². The van der Waals surface area contributed by atoms with E-state index in [1.165, 1.54) is 19.0 Å². The van der Waals surface area contributed by atoms with Crippen LogP contribution < -0.4 is 5.73 Å². The van der Waals surface area contributed by atoms with E-state index in [0.717, 1.165) is 18.2 Å². The lowest BCUT2D eigenvalue weighted by Gasteiger charge is -2.51. The van der Waals surface area contributed by atoms with Crippen molar-refractivity contribution < 1.29 is 42.0 Å². The predicted octanol–water partition coefficient (Wildman–Crippen LogP) is 5.37. The average Bonchev–Trinajstić information content (AvgIpc) is 2.97. The van der Waals surface area contributed by atoms with Gasteiger partial charge in [0.15, 0.2) is 12.1 Å². The van der Waals surface area contributed by atoms with Gasteiger partial charge in [-0.1, -0.05) is 58.8 Å². The Hall–Kier alpha value is -3.34. The van der Waals surface area contributed by atoms with Crippen molar-refractivity contribution in [2.45, 2.75) is 62.3 Å². The van der Waals surface area contributed by atoms with Crippen LogP contribution >= 0.6 is 23.2 Å². The topological polar surface area (TPSA) is 153 Å². The summed E-state index contributed by atoms with van der Waals surface area (Å²) in [5.74, 6) is -1.78. The molecule has 244 valence electrons. The Morgan fingerprint density at radius 3 is 2.53 bits per heavy atom. The molecule has 17 heteroatoms. The van der Waals surface area contributed by atoms with Crippen molar-refractivity contribution in [2.75, 3.05) is 20.3 Å². The number of alkyl halides is 4. The third-order valence-corrected chi connectivity index (χ3v) is 7.17. The summed E-state index contributed by atoms with van der Waals surface area (Å²) in [6.07, 6.45) is -10.3. The maximum atomic E-state index is 14.0. The molecular formula is C28H31Cl2F3N6O6. The number of fused-ring (bicyclic) bond motifs is 1. The fourth-order valence-corrected chi connectivity index (χ4v) is 5.34. The van der Waals surface area contributed by atoms with Crippen molar-refractivity contribution >= 4 is 46.5 Å². The molecule has 0 bridgehead atoms. The zero-order valence-corrected chi connectivity index (χ0v) is 25.8. The first-order valence-electron chi connectivity index (χ1n) is 13.6. The number of aliphatic carboxylic acids is 1. The van der Waals surface area contributed by atoms with Gasteiger partial charge in [-0.25, -0.2) is 14.8 Å². The zero-order chi connectivity index (χ0) is 32.9. The summed E-state index contributed by atoms with van der Waals surface area (Å²) >= 11 is 12.6. The Balaban J connectivity index is 1.90. The van der Waals surface area contributed by atoms with Crippen LogP contribution in [0.15, 0.2) is 68.9 Å². The van der Waals surface area contributed by atoms with E-state index in [0.29, 0.717) is 5.56 Å². The van der Waals surface area contributed by atoms with Gasteiger partial charge >= 0.3 is 12.1 Å². The van der Waals surface area contributed by atoms with Gasteiger partial charge in [-0.05, 0) is 32.0 Å². The van der Waals surface area contributed by atoms with E-state index in [9.17, 15) is 23.1 Å². The van der Waals surface area contributed by atoms with Gasteiger partial charge < -0.3 is 29.8 Å². The Morgan fingerprint density at radius 2 is 1.93 bits per heavy atom. The Bertz CT molecular complexity index is 1430. The number of hydrogen-bond acceptors (Lipinski definition) is 8. The lowest BCUT2D eigenvalue weighted by atomic mass is 9.90. The summed E-state index contributed by atoms with van der Waals surface area (Å²) in [7, 11) is 1.40. The van der Waals surface area contributed by atoms with E-state index < -0.39 is 72.3 Å². The molecule has 2 saturated heterocycles. The summed E-state index contributed by atoms with van der Waals surface area (Å²) < 4.78 is 66.5. The van der Waals surface area contributed by atoms with Crippen LogP contribution in [-0.2, 0) is 29.9 Å². The van der Waals surface area contributed by atoms with Crippen LogP contribution in [0.25, 0.3) is 0 Å². The molecule has 2 heterocycles. The molecule has 0 aromatic heterocycles. The molecule has 4 rings (SSSR count). The maximum absolute atomic E-state index is 14.0. The molecule has 2 aliphatic rings. The lowest BCUT2D eigenvalue weighted by molar-refractivity contribution is -0.316. The number of rotatable bonds is 9. The summed E-state index contributed by atoms with van der Waals surface area (Å²) in [5, 5.41) is 18.9. The van der Waals surface area contributed by atoms with Gasteiger partial charge in [-0.3, -0.25) is 5.01 Å². The van der Waals surface area contributed by atoms with Crippen LogP contribution in [0.2, 0.25) is 5.02 Å². The van der Waals surface area contributed by atoms with E-state index in [-0.39, 0.29) is 23.3 Å². The number of aliphatic imine (C=N–C) groups is 2. The fourth-order valence-electron chi connectivity index (χ4n) is 5.01. The number of ether oxygens (including phenoxy) is 4. The van der Waals surface area contributed by atoms with Crippen molar-refractivity contribution in [2.24, 2.45) is 26.1 Å². The zero-order valence-electron chi connectivity index (χ0n) is 24.3. The summed E-state index contributed by atoms with van der Waals surface area (Å²) in [5.41, 5.74) is 4.04. The second-order valence-corrected chi connectivity index (χ2v) is 11.1. The van der Waals surface area contributed by atoms with Crippen LogP contribution in [0.3, 0.4) is 0 Å². The summed E-state index contributed by atoms with van der Waals surface area (Å²) in [4.78, 5) is 20.1. The minimum atomic E-state index is -4.81. The number of amidine groups is 2. The van der Waals surface area contributed by atoms with Crippen LogP contribution in [0, 0.1) is 0 Å². The molecule has 3 N–H and O–H groups in total. The minimum absolute atomic E-state index is 0.0257. The van der Waals surface area contributed by atoms with Crippen LogP contribution in [0.5, 0.6) is 0 Å². The van der Waals surface area contributed by atoms with E-state index in [2.05, 4.69) is 20.3 Å². The molecule has 2 aliphatic heterocycles. The molecule has 0 radical (unpaired) electrons. The second-order valence-electron chi connectivity index (χ2n) is 10.1. The normalized spacial score (nSPS) is 26.8. The molecule has 2 aromatic carbocycles. The smallest absolute Gasteiger partial charge is 0.418 e. The molecule has 12 nitrogen and oxygen atoms in total. The fraction of sp³-hybridized carbons (Fsp3) is 0.464. The highest BCUT2D eigenvalue weighted by atomic mass is 35.5. The van der Waals surface area contributed by atoms with Crippen molar-refractivity contribution in [3.05, 3.63) is 64.7 Å². The van der Waals surface area contributed by atoms with Gasteiger partial charge in [0.05, 0.1) is 30.7 Å². The molecule has 2 fully saturated rings. The molecular weight excluding hydrogens is 644 g/mol. The molecule has 0 amide bonds. The number of hydrogen-bond donors (Lipinski definition) is 2. The molecule has 45 heavy (non-hydrogen) atoms. The molecule has 0 aliphatic carbocycles. The SMILES string of the molecule is CN=NN(C(C)Cl)[C@H]1[C@H]2OC(c3ccccc3)OC[C@H]2O[C@@H](C(N=C(C)N)=Nc2cc(Cl)ccc2C(F)(F)F)[C@@H]1OCC(=O)O. The standard InChI is InChI=1S/C28H31Cl2F3N6O6/c1-14(29)39(38-35-3)22-23-20(12-43-27(45-23)16-7-5-4-6-8-16)44-25(24(22)42-13-21(40)41)26(36-15(2)34)37-19-11-17(30)9-10-18(19)28(31,32)33/h4-11,14,20,22-25,27H,12-13H2,1-3H3,(H,40,41)(H2,34,36,37)/t14?,20-,22+,23+,24-,25-,27?/m1/s1. The Labute approximate surface area is 266 Å². The molecule has 2 unspecified atom stereocenters. The minimum Gasteiger partial charge on any atom is -0.480 e. The predicted molar refractivity (Wildman–Crippen MR) is 159 cm³/mol. The van der Waals surface area contributed by atoms with E-state index in [1.54, 1.807) is 31.2 Å². The Morgan fingerprint density at radius 1 is 1.22 bits per heavy atom. The second kappa shape index (κ2) is 14.8. The van der Waals surface area contributed by atoms with Crippen molar-refractivity contribution in [1.29, 1.82) is 0 Å². The monoisotopic (exact) mass is 674 g/mol. The number of carbonyl (C=O) groups is 1. The van der Waals surface area contributed by atoms with Gasteiger partial charge in [-0.15, -0.1) is 0 Å².